The summed E-state index contributed by atoms with van der Waals surface area (Å²) in [5, 5.41) is 3.44. The minimum atomic E-state index is 0.0346. The second-order valence-corrected chi connectivity index (χ2v) is 4.10. The maximum absolute atomic E-state index is 5.89. The Bertz CT molecular complexity index is 186. The van der Waals surface area contributed by atoms with Crippen LogP contribution in [0.5, 0.6) is 0 Å². The van der Waals surface area contributed by atoms with Crippen molar-refractivity contribution in [1.82, 2.24) is 5.32 Å². The zero-order valence-corrected chi connectivity index (χ0v) is 8.51. The van der Waals surface area contributed by atoms with Crippen molar-refractivity contribution in [2.24, 2.45) is 0 Å². The van der Waals surface area contributed by atoms with E-state index in [2.05, 4.69) is 19.2 Å². The Morgan fingerprint density at radius 2 is 2.38 bits per heavy atom. The van der Waals surface area contributed by atoms with Crippen molar-refractivity contribution in [3.63, 3.8) is 0 Å². The first-order valence-electron chi connectivity index (χ1n) is 5.26. The second kappa shape index (κ2) is 3.56. The molecular formula is C10H19NO2. The third-order valence-electron chi connectivity index (χ3n) is 3.29. The molecule has 0 aliphatic carbocycles. The lowest BCUT2D eigenvalue weighted by atomic mass is 9.91. The third-order valence-corrected chi connectivity index (χ3v) is 3.29. The molecule has 2 aliphatic heterocycles. The Hall–Kier alpha value is -0.120. The quantitative estimate of drug-likeness (QED) is 0.694. The molecule has 0 radical (unpaired) electrons. The van der Waals surface area contributed by atoms with Crippen LogP contribution in [0.2, 0.25) is 0 Å². The number of likely N-dealkylation sites (N-methyl/N-ethyl adjacent to an activating group) is 1. The van der Waals surface area contributed by atoms with E-state index in [1.54, 1.807) is 0 Å². The molecule has 2 fully saturated rings. The highest BCUT2D eigenvalue weighted by Crippen LogP contribution is 2.38. The summed E-state index contributed by atoms with van der Waals surface area (Å²) in [7, 11) is 0. The van der Waals surface area contributed by atoms with Gasteiger partial charge in [0.25, 0.3) is 0 Å². The smallest absolute Gasteiger partial charge is 0.0978 e. The molecule has 1 spiro atoms. The van der Waals surface area contributed by atoms with E-state index in [4.69, 9.17) is 9.47 Å². The molecule has 0 saturated carbocycles. The van der Waals surface area contributed by atoms with Crippen molar-refractivity contribution in [2.75, 3.05) is 19.8 Å². The van der Waals surface area contributed by atoms with Gasteiger partial charge in [-0.15, -0.1) is 0 Å². The lowest BCUT2D eigenvalue weighted by Gasteiger charge is -2.25. The summed E-state index contributed by atoms with van der Waals surface area (Å²) in [6.07, 6.45) is 2.45. The molecule has 0 aromatic rings. The largest absolute Gasteiger partial charge is 0.375 e. The molecule has 2 rings (SSSR count). The fourth-order valence-corrected chi connectivity index (χ4v) is 2.44. The van der Waals surface area contributed by atoms with Crippen LogP contribution < -0.4 is 5.32 Å². The van der Waals surface area contributed by atoms with Gasteiger partial charge in [0.05, 0.1) is 18.3 Å². The van der Waals surface area contributed by atoms with E-state index in [9.17, 15) is 0 Å². The van der Waals surface area contributed by atoms with Gasteiger partial charge in [-0.3, -0.25) is 0 Å². The van der Waals surface area contributed by atoms with Crippen molar-refractivity contribution in [1.29, 1.82) is 0 Å². The van der Waals surface area contributed by atoms with Gasteiger partial charge >= 0.3 is 0 Å². The van der Waals surface area contributed by atoms with Crippen LogP contribution in [-0.4, -0.2) is 37.5 Å². The molecule has 3 atom stereocenters. The lowest BCUT2D eigenvalue weighted by molar-refractivity contribution is -0.0470. The van der Waals surface area contributed by atoms with E-state index in [0.717, 1.165) is 32.6 Å². The average Bonchev–Trinajstić information content (AvgIpc) is 2.64. The maximum Gasteiger partial charge on any atom is 0.0978 e. The molecule has 2 aliphatic rings. The van der Waals surface area contributed by atoms with E-state index < -0.39 is 0 Å². The number of ether oxygens (including phenoxy) is 2. The molecule has 2 saturated heterocycles. The van der Waals surface area contributed by atoms with Crippen LogP contribution in [0.15, 0.2) is 0 Å². The molecule has 3 heteroatoms. The number of rotatable bonds is 2. The van der Waals surface area contributed by atoms with Gasteiger partial charge in [0.1, 0.15) is 0 Å². The second-order valence-electron chi connectivity index (χ2n) is 4.10. The predicted octanol–water partition coefficient (Wildman–Crippen LogP) is 0.932. The zero-order valence-electron chi connectivity index (χ0n) is 8.51. The van der Waals surface area contributed by atoms with Crippen molar-refractivity contribution in [2.45, 2.75) is 44.4 Å². The van der Waals surface area contributed by atoms with Gasteiger partial charge < -0.3 is 14.8 Å². The Labute approximate surface area is 79.8 Å². The summed E-state index contributed by atoms with van der Waals surface area (Å²) in [5.74, 6) is 0. The summed E-state index contributed by atoms with van der Waals surface area (Å²) < 4.78 is 11.5. The third kappa shape index (κ3) is 1.60. The molecule has 3 nitrogen and oxygen atoms in total. The molecule has 0 aromatic carbocycles. The maximum atomic E-state index is 5.89. The minimum absolute atomic E-state index is 0.0346. The van der Waals surface area contributed by atoms with Crippen molar-refractivity contribution >= 4 is 0 Å². The van der Waals surface area contributed by atoms with Gasteiger partial charge in [-0.25, -0.2) is 0 Å². The van der Waals surface area contributed by atoms with Gasteiger partial charge in [0.2, 0.25) is 0 Å². The first kappa shape index (κ1) is 9.44. The van der Waals surface area contributed by atoms with Crippen LogP contribution in [0.1, 0.15) is 26.7 Å². The molecule has 3 unspecified atom stereocenters. The summed E-state index contributed by atoms with van der Waals surface area (Å²) in [5.41, 5.74) is 0.0346. The normalized spacial score (nSPS) is 44.8. The molecule has 1 N–H and O–H groups in total. The van der Waals surface area contributed by atoms with Gasteiger partial charge in [-0.05, 0) is 19.9 Å². The number of nitrogens with one attached hydrogen (secondary N) is 1. The van der Waals surface area contributed by atoms with Gasteiger partial charge in [-0.1, -0.05) is 6.92 Å². The van der Waals surface area contributed by atoms with Gasteiger partial charge in [-0.2, -0.15) is 0 Å². The van der Waals surface area contributed by atoms with Crippen LogP contribution in [0.25, 0.3) is 0 Å². The molecule has 76 valence electrons. The van der Waals surface area contributed by atoms with Gasteiger partial charge in [0.15, 0.2) is 0 Å². The van der Waals surface area contributed by atoms with Crippen LogP contribution in [0, 0.1) is 0 Å². The Kier molecular flexibility index (Phi) is 2.58. The Morgan fingerprint density at radius 1 is 1.54 bits per heavy atom. The zero-order chi connectivity index (χ0) is 9.31. The van der Waals surface area contributed by atoms with E-state index in [0.29, 0.717) is 6.04 Å². The Morgan fingerprint density at radius 3 is 3.00 bits per heavy atom. The molecule has 0 amide bonds. The molecule has 0 bridgehead atoms. The van der Waals surface area contributed by atoms with E-state index >= 15 is 0 Å². The standard InChI is InChI=1S/C10H19NO2/c1-3-11-9-6-10(13-7-9)4-5-12-8(10)2/h8-9,11H,3-7H2,1-2H3. The van der Waals surface area contributed by atoms with Gasteiger partial charge in [0, 0.05) is 19.1 Å². The number of hydrogen-bond acceptors (Lipinski definition) is 3. The fraction of sp³-hybridized carbons (Fsp3) is 1.00. The highest BCUT2D eigenvalue weighted by Gasteiger charge is 2.48. The molecule has 0 aromatic heterocycles. The summed E-state index contributed by atoms with van der Waals surface area (Å²) >= 11 is 0. The monoisotopic (exact) mass is 185 g/mol. The fourth-order valence-electron chi connectivity index (χ4n) is 2.44. The van der Waals surface area contributed by atoms with Crippen molar-refractivity contribution in [3.8, 4) is 0 Å². The summed E-state index contributed by atoms with van der Waals surface area (Å²) in [6, 6.07) is 0.536. The summed E-state index contributed by atoms with van der Waals surface area (Å²) in [6.45, 7) is 7.00. The van der Waals surface area contributed by atoms with Crippen LogP contribution >= 0.6 is 0 Å². The first-order chi connectivity index (χ1) is 6.27. The predicted molar refractivity (Wildman–Crippen MR) is 50.8 cm³/mol. The Balaban J connectivity index is 1.95. The molecule has 2 heterocycles. The average molecular weight is 185 g/mol. The highest BCUT2D eigenvalue weighted by atomic mass is 16.6. The van der Waals surface area contributed by atoms with Crippen LogP contribution in [0.3, 0.4) is 0 Å². The van der Waals surface area contributed by atoms with E-state index in [1.807, 2.05) is 0 Å². The topological polar surface area (TPSA) is 30.5 Å². The SMILES string of the molecule is CCNC1COC2(CCOC2C)C1. The first-order valence-corrected chi connectivity index (χ1v) is 5.26. The van der Waals surface area contributed by atoms with E-state index in [1.165, 1.54) is 0 Å². The van der Waals surface area contributed by atoms with Crippen molar-refractivity contribution in [3.05, 3.63) is 0 Å². The van der Waals surface area contributed by atoms with Crippen molar-refractivity contribution < 1.29 is 9.47 Å². The molecule has 13 heavy (non-hydrogen) atoms. The lowest BCUT2D eigenvalue weighted by Crippen LogP contribution is -2.37. The highest BCUT2D eigenvalue weighted by molar-refractivity contribution is 4.99. The van der Waals surface area contributed by atoms with Crippen LogP contribution in [0.4, 0.5) is 0 Å². The summed E-state index contributed by atoms with van der Waals surface area (Å²) in [4.78, 5) is 0. The number of hydrogen-bond donors (Lipinski definition) is 1. The van der Waals surface area contributed by atoms with Crippen LogP contribution in [-0.2, 0) is 9.47 Å². The molecular weight excluding hydrogens is 166 g/mol. The minimum Gasteiger partial charge on any atom is -0.375 e. The van der Waals surface area contributed by atoms with E-state index in [-0.39, 0.29) is 11.7 Å².